The average Bonchev–Trinajstić information content (AvgIpc) is 2.43. The normalized spacial score (nSPS) is 18.7. The molecule has 1 N–H and O–H groups in total. The van der Waals surface area contributed by atoms with Crippen LogP contribution in [-0.2, 0) is 23.9 Å². The molecule has 8 nitrogen and oxygen atoms in total. The molecule has 2 amide bonds. The molecule has 1 rings (SSSR count). The summed E-state index contributed by atoms with van der Waals surface area (Å²) < 4.78 is 9.62. The standard InChI is InChI=1S/C10H13N3O5/c1-17-10(16)7-6-13(4-5-18-7)9(15)8(14)12-3-2-11/h7H,3-6H2,1H3,(H,12,14). The molecule has 1 aliphatic rings. The monoisotopic (exact) mass is 255 g/mol. The minimum atomic E-state index is -0.878. The summed E-state index contributed by atoms with van der Waals surface area (Å²) in [4.78, 5) is 35.4. The van der Waals surface area contributed by atoms with E-state index in [1.807, 2.05) is 0 Å². The minimum absolute atomic E-state index is 0.0362. The number of nitrogens with one attached hydrogen (secondary N) is 1. The molecule has 0 aromatic heterocycles. The Labute approximate surface area is 103 Å². The maximum absolute atomic E-state index is 11.7. The lowest BCUT2D eigenvalue weighted by molar-refractivity contribution is -0.164. The highest BCUT2D eigenvalue weighted by atomic mass is 16.6. The second kappa shape index (κ2) is 6.56. The summed E-state index contributed by atoms with van der Waals surface area (Å²) in [5.74, 6) is -2.26. The van der Waals surface area contributed by atoms with Gasteiger partial charge in [-0.1, -0.05) is 0 Å². The summed E-state index contributed by atoms with van der Waals surface area (Å²) in [5, 5.41) is 10.4. The van der Waals surface area contributed by atoms with E-state index in [0.717, 1.165) is 0 Å². The zero-order valence-corrected chi connectivity index (χ0v) is 9.84. The number of morpholine rings is 1. The fourth-order valence-electron chi connectivity index (χ4n) is 1.45. The summed E-state index contributed by atoms with van der Waals surface area (Å²) in [6, 6.07) is 1.69. The zero-order valence-electron chi connectivity index (χ0n) is 9.84. The first-order valence-electron chi connectivity index (χ1n) is 5.23. The van der Waals surface area contributed by atoms with E-state index in [1.165, 1.54) is 12.0 Å². The highest BCUT2D eigenvalue weighted by Gasteiger charge is 2.32. The van der Waals surface area contributed by atoms with Gasteiger partial charge in [-0.25, -0.2) is 4.79 Å². The Hall–Kier alpha value is -2.14. The van der Waals surface area contributed by atoms with Crippen molar-refractivity contribution in [2.24, 2.45) is 0 Å². The minimum Gasteiger partial charge on any atom is -0.467 e. The van der Waals surface area contributed by atoms with Crippen LogP contribution in [0.25, 0.3) is 0 Å². The van der Waals surface area contributed by atoms with Crippen molar-refractivity contribution in [2.75, 3.05) is 33.4 Å². The van der Waals surface area contributed by atoms with E-state index in [2.05, 4.69) is 10.1 Å². The number of esters is 1. The number of hydrogen-bond donors (Lipinski definition) is 1. The Morgan fingerprint density at radius 3 is 2.89 bits per heavy atom. The van der Waals surface area contributed by atoms with Gasteiger partial charge in [0.2, 0.25) is 0 Å². The summed E-state index contributed by atoms with van der Waals surface area (Å²) in [5.41, 5.74) is 0. The van der Waals surface area contributed by atoms with Crippen molar-refractivity contribution < 1.29 is 23.9 Å². The van der Waals surface area contributed by atoms with Gasteiger partial charge in [-0.05, 0) is 0 Å². The Morgan fingerprint density at radius 2 is 2.28 bits per heavy atom. The van der Waals surface area contributed by atoms with E-state index < -0.39 is 23.9 Å². The Kier molecular flexibility index (Phi) is 5.07. The molecule has 18 heavy (non-hydrogen) atoms. The lowest BCUT2D eigenvalue weighted by Crippen LogP contribution is -2.52. The van der Waals surface area contributed by atoms with Gasteiger partial charge in [-0.2, -0.15) is 5.26 Å². The van der Waals surface area contributed by atoms with Crippen LogP contribution in [-0.4, -0.2) is 62.1 Å². The van der Waals surface area contributed by atoms with Crippen molar-refractivity contribution in [3.05, 3.63) is 0 Å². The predicted octanol–water partition coefficient (Wildman–Crippen LogP) is -1.97. The average molecular weight is 255 g/mol. The molecular weight excluding hydrogens is 242 g/mol. The second-order valence-corrected chi connectivity index (χ2v) is 3.47. The van der Waals surface area contributed by atoms with Crippen LogP contribution in [0.5, 0.6) is 0 Å². The number of amides is 2. The van der Waals surface area contributed by atoms with Gasteiger partial charge in [-0.3, -0.25) is 9.59 Å². The van der Waals surface area contributed by atoms with E-state index in [9.17, 15) is 14.4 Å². The highest BCUT2D eigenvalue weighted by molar-refractivity contribution is 6.35. The maximum atomic E-state index is 11.7. The molecule has 1 saturated heterocycles. The van der Waals surface area contributed by atoms with Gasteiger partial charge < -0.3 is 19.7 Å². The van der Waals surface area contributed by atoms with E-state index >= 15 is 0 Å². The summed E-state index contributed by atoms with van der Waals surface area (Å²) in [6.45, 7) is 0.0875. The first-order valence-corrected chi connectivity index (χ1v) is 5.23. The van der Waals surface area contributed by atoms with Crippen LogP contribution in [0, 0.1) is 11.3 Å². The number of nitrogens with zero attached hydrogens (tertiary/aromatic N) is 2. The molecule has 0 aliphatic carbocycles. The molecule has 1 heterocycles. The third-order valence-electron chi connectivity index (χ3n) is 2.34. The van der Waals surface area contributed by atoms with E-state index in [0.29, 0.717) is 0 Å². The molecule has 0 aromatic carbocycles. The first kappa shape index (κ1) is 13.9. The number of rotatable bonds is 2. The first-order chi connectivity index (χ1) is 8.60. The van der Waals surface area contributed by atoms with Gasteiger partial charge in [0.15, 0.2) is 6.10 Å². The molecular formula is C10H13N3O5. The third kappa shape index (κ3) is 3.43. The number of nitriles is 1. The van der Waals surface area contributed by atoms with Crippen LogP contribution in [0.3, 0.4) is 0 Å². The lowest BCUT2D eigenvalue weighted by Gasteiger charge is -2.30. The maximum Gasteiger partial charge on any atom is 0.336 e. The van der Waals surface area contributed by atoms with Crippen molar-refractivity contribution in [1.29, 1.82) is 5.26 Å². The van der Waals surface area contributed by atoms with Gasteiger partial charge in [0.25, 0.3) is 0 Å². The SMILES string of the molecule is COC(=O)C1CN(C(=O)C(=O)NCC#N)CCO1. The van der Waals surface area contributed by atoms with Crippen LogP contribution >= 0.6 is 0 Å². The van der Waals surface area contributed by atoms with E-state index in [1.54, 1.807) is 6.07 Å². The van der Waals surface area contributed by atoms with Crippen LogP contribution in [0.15, 0.2) is 0 Å². The molecule has 0 spiro atoms. The quantitative estimate of drug-likeness (QED) is 0.348. The zero-order chi connectivity index (χ0) is 13.5. The number of carbonyl (C=O) groups is 3. The Balaban J connectivity index is 2.56. The number of hydrogen-bond acceptors (Lipinski definition) is 6. The Morgan fingerprint density at radius 1 is 1.56 bits per heavy atom. The van der Waals surface area contributed by atoms with Gasteiger partial charge in [0, 0.05) is 6.54 Å². The smallest absolute Gasteiger partial charge is 0.336 e. The predicted molar refractivity (Wildman–Crippen MR) is 57.0 cm³/mol. The van der Waals surface area contributed by atoms with Gasteiger partial charge in [0.1, 0.15) is 6.54 Å². The van der Waals surface area contributed by atoms with Crippen LogP contribution in [0.2, 0.25) is 0 Å². The molecule has 0 saturated carbocycles. The topological polar surface area (TPSA) is 109 Å². The molecule has 1 atom stereocenters. The molecule has 0 bridgehead atoms. The number of methoxy groups -OCH3 is 1. The van der Waals surface area contributed by atoms with Crippen LogP contribution < -0.4 is 5.32 Å². The molecule has 0 radical (unpaired) electrons. The largest absolute Gasteiger partial charge is 0.467 e. The fraction of sp³-hybridized carbons (Fsp3) is 0.600. The fourth-order valence-corrected chi connectivity index (χ4v) is 1.45. The summed E-state index contributed by atoms with van der Waals surface area (Å²) in [7, 11) is 1.21. The van der Waals surface area contributed by atoms with Crippen molar-refractivity contribution in [3.63, 3.8) is 0 Å². The van der Waals surface area contributed by atoms with E-state index in [-0.39, 0.29) is 26.2 Å². The summed E-state index contributed by atoms with van der Waals surface area (Å²) >= 11 is 0. The summed E-state index contributed by atoms with van der Waals surface area (Å²) in [6.07, 6.45) is -0.878. The number of carbonyl (C=O) groups excluding carboxylic acids is 3. The van der Waals surface area contributed by atoms with Crippen LogP contribution in [0.1, 0.15) is 0 Å². The van der Waals surface area contributed by atoms with Crippen molar-refractivity contribution in [2.45, 2.75) is 6.10 Å². The molecule has 1 aliphatic heterocycles. The Bertz CT molecular complexity index is 389. The van der Waals surface area contributed by atoms with E-state index in [4.69, 9.17) is 10.00 Å². The molecule has 1 fully saturated rings. The van der Waals surface area contributed by atoms with Gasteiger partial charge in [0.05, 0.1) is 26.3 Å². The van der Waals surface area contributed by atoms with Gasteiger partial charge in [-0.15, -0.1) is 0 Å². The highest BCUT2D eigenvalue weighted by Crippen LogP contribution is 2.07. The number of ether oxygens (including phenoxy) is 2. The molecule has 8 heteroatoms. The molecule has 1 unspecified atom stereocenters. The molecule has 0 aromatic rings. The van der Waals surface area contributed by atoms with Crippen molar-refractivity contribution >= 4 is 17.8 Å². The van der Waals surface area contributed by atoms with Crippen molar-refractivity contribution in [3.8, 4) is 6.07 Å². The lowest BCUT2D eigenvalue weighted by atomic mass is 10.2. The van der Waals surface area contributed by atoms with Crippen molar-refractivity contribution in [1.82, 2.24) is 10.2 Å². The second-order valence-electron chi connectivity index (χ2n) is 3.47. The van der Waals surface area contributed by atoms with Crippen LogP contribution in [0.4, 0.5) is 0 Å². The van der Waals surface area contributed by atoms with Gasteiger partial charge >= 0.3 is 17.8 Å². The third-order valence-corrected chi connectivity index (χ3v) is 2.34. The molecule has 98 valence electrons.